The van der Waals surface area contributed by atoms with Gasteiger partial charge in [-0.15, -0.1) is 10.2 Å². The summed E-state index contributed by atoms with van der Waals surface area (Å²) in [6.45, 7) is 0.439. The van der Waals surface area contributed by atoms with Gasteiger partial charge in [0, 0.05) is 5.56 Å². The average molecular weight is 247 g/mol. The Morgan fingerprint density at radius 3 is 2.83 bits per heavy atom. The Balaban J connectivity index is 1.93. The third-order valence-electron chi connectivity index (χ3n) is 2.26. The molecule has 0 saturated carbocycles. The number of carbonyl (C=O) groups is 1. The van der Waals surface area contributed by atoms with Crippen molar-refractivity contribution >= 4 is 5.97 Å². The molecule has 0 fully saturated rings. The van der Waals surface area contributed by atoms with Gasteiger partial charge >= 0.3 is 5.97 Å². The van der Waals surface area contributed by atoms with Gasteiger partial charge < -0.3 is 9.15 Å². The quantitative estimate of drug-likeness (QED) is 0.794. The van der Waals surface area contributed by atoms with Crippen LogP contribution in [0.25, 0.3) is 11.5 Å². The number of aromatic nitrogens is 2. The van der Waals surface area contributed by atoms with Crippen molar-refractivity contribution in [2.45, 2.75) is 6.54 Å². The summed E-state index contributed by atoms with van der Waals surface area (Å²) in [5.74, 6) is 0.557. The first-order valence-corrected chi connectivity index (χ1v) is 5.45. The largest absolute Gasteiger partial charge is 0.468 e. The number of benzene rings is 1. The second-order valence-corrected chi connectivity index (χ2v) is 3.55. The van der Waals surface area contributed by atoms with E-state index >= 15 is 0 Å². The van der Waals surface area contributed by atoms with E-state index in [1.165, 1.54) is 7.11 Å². The molecule has 94 valence electrons. The molecule has 0 atom stereocenters. The van der Waals surface area contributed by atoms with Gasteiger partial charge in [0.25, 0.3) is 0 Å². The lowest BCUT2D eigenvalue weighted by atomic mass is 10.2. The molecular weight excluding hydrogens is 234 g/mol. The summed E-state index contributed by atoms with van der Waals surface area (Å²) in [6.07, 6.45) is 0. The number of rotatable bonds is 5. The number of hydrogen-bond acceptors (Lipinski definition) is 6. The maximum absolute atomic E-state index is 10.9. The monoisotopic (exact) mass is 247 g/mol. The van der Waals surface area contributed by atoms with Gasteiger partial charge in [0.1, 0.15) is 0 Å². The van der Waals surface area contributed by atoms with Crippen LogP contribution in [-0.4, -0.2) is 29.8 Å². The van der Waals surface area contributed by atoms with E-state index in [0.29, 0.717) is 18.3 Å². The van der Waals surface area contributed by atoms with Crippen molar-refractivity contribution in [2.75, 3.05) is 13.7 Å². The molecule has 0 bridgehead atoms. The SMILES string of the molecule is COC(=O)CNCc1nnc(-c2ccccc2)o1. The molecule has 1 aromatic carbocycles. The molecule has 0 aliphatic carbocycles. The minimum Gasteiger partial charge on any atom is -0.468 e. The number of nitrogens with zero attached hydrogens (tertiary/aromatic N) is 2. The number of hydrogen-bond donors (Lipinski definition) is 1. The van der Waals surface area contributed by atoms with E-state index in [0.717, 1.165) is 5.56 Å². The Hall–Kier alpha value is -2.21. The number of esters is 1. The van der Waals surface area contributed by atoms with Crippen molar-refractivity contribution in [3.63, 3.8) is 0 Å². The van der Waals surface area contributed by atoms with Gasteiger partial charge in [-0.3, -0.25) is 10.1 Å². The average Bonchev–Trinajstić information content (AvgIpc) is 2.88. The van der Waals surface area contributed by atoms with Crippen LogP contribution in [0.3, 0.4) is 0 Å². The van der Waals surface area contributed by atoms with Crippen LogP contribution >= 0.6 is 0 Å². The van der Waals surface area contributed by atoms with Crippen molar-refractivity contribution in [3.05, 3.63) is 36.2 Å². The van der Waals surface area contributed by atoms with E-state index in [1.807, 2.05) is 30.3 Å². The van der Waals surface area contributed by atoms with Crippen LogP contribution in [0, 0.1) is 0 Å². The molecule has 1 aromatic heterocycles. The molecule has 0 aliphatic heterocycles. The van der Waals surface area contributed by atoms with Gasteiger partial charge in [-0.2, -0.15) is 0 Å². The lowest BCUT2D eigenvalue weighted by molar-refractivity contribution is -0.139. The molecule has 2 aromatic rings. The highest BCUT2D eigenvalue weighted by Crippen LogP contribution is 2.16. The predicted molar refractivity (Wildman–Crippen MR) is 63.5 cm³/mol. The van der Waals surface area contributed by atoms with Crippen LogP contribution in [0.15, 0.2) is 34.7 Å². The number of nitrogens with one attached hydrogen (secondary N) is 1. The standard InChI is InChI=1S/C12H13N3O3/c1-17-11(16)8-13-7-10-14-15-12(18-10)9-5-3-2-4-6-9/h2-6,13H,7-8H2,1H3. The molecule has 0 saturated heterocycles. The molecule has 6 heteroatoms. The van der Waals surface area contributed by atoms with E-state index in [4.69, 9.17) is 4.42 Å². The van der Waals surface area contributed by atoms with Gasteiger partial charge in [0.2, 0.25) is 11.8 Å². The Kier molecular flexibility index (Phi) is 4.03. The van der Waals surface area contributed by atoms with Crippen molar-refractivity contribution in [3.8, 4) is 11.5 Å². The summed E-state index contributed by atoms with van der Waals surface area (Å²) in [5, 5.41) is 10.7. The molecule has 18 heavy (non-hydrogen) atoms. The maximum atomic E-state index is 10.9. The Morgan fingerprint density at radius 1 is 1.33 bits per heavy atom. The van der Waals surface area contributed by atoms with Crippen LogP contribution in [-0.2, 0) is 16.1 Å². The topological polar surface area (TPSA) is 77.2 Å². The van der Waals surface area contributed by atoms with Gasteiger partial charge in [-0.1, -0.05) is 18.2 Å². The molecule has 1 heterocycles. The van der Waals surface area contributed by atoms with E-state index in [2.05, 4.69) is 20.3 Å². The minimum absolute atomic E-state index is 0.111. The van der Waals surface area contributed by atoms with Gasteiger partial charge in [-0.05, 0) is 12.1 Å². The fourth-order valence-corrected chi connectivity index (χ4v) is 1.37. The van der Waals surface area contributed by atoms with E-state index in [9.17, 15) is 4.79 Å². The molecule has 0 aliphatic rings. The number of carbonyl (C=O) groups excluding carboxylic acids is 1. The lowest BCUT2D eigenvalue weighted by Gasteiger charge is -1.99. The van der Waals surface area contributed by atoms with Crippen LogP contribution in [0.2, 0.25) is 0 Å². The zero-order chi connectivity index (χ0) is 12.8. The summed E-state index contributed by atoms with van der Waals surface area (Å²) >= 11 is 0. The van der Waals surface area contributed by atoms with Crippen LogP contribution in [0.1, 0.15) is 5.89 Å². The third-order valence-corrected chi connectivity index (χ3v) is 2.26. The van der Waals surface area contributed by atoms with Crippen molar-refractivity contribution in [1.29, 1.82) is 0 Å². The van der Waals surface area contributed by atoms with Gasteiger partial charge in [-0.25, -0.2) is 0 Å². The molecule has 0 radical (unpaired) electrons. The maximum Gasteiger partial charge on any atom is 0.319 e. The van der Waals surface area contributed by atoms with E-state index < -0.39 is 0 Å². The van der Waals surface area contributed by atoms with Crippen molar-refractivity contribution in [2.24, 2.45) is 0 Å². The van der Waals surface area contributed by atoms with Gasteiger partial charge in [0.05, 0.1) is 20.2 Å². The van der Waals surface area contributed by atoms with Crippen LogP contribution in [0.5, 0.6) is 0 Å². The third kappa shape index (κ3) is 3.14. The lowest BCUT2D eigenvalue weighted by Crippen LogP contribution is -2.23. The smallest absolute Gasteiger partial charge is 0.319 e. The summed E-state index contributed by atoms with van der Waals surface area (Å²) in [6, 6.07) is 9.49. The summed E-state index contributed by atoms with van der Waals surface area (Å²) in [7, 11) is 1.34. The number of ether oxygens (including phenoxy) is 1. The number of methoxy groups -OCH3 is 1. The molecule has 0 amide bonds. The highest BCUT2D eigenvalue weighted by molar-refractivity contribution is 5.71. The van der Waals surface area contributed by atoms with Crippen LogP contribution < -0.4 is 5.32 Å². The highest BCUT2D eigenvalue weighted by atomic mass is 16.5. The summed E-state index contributed by atoms with van der Waals surface area (Å²) < 4.78 is 9.94. The van der Waals surface area contributed by atoms with Crippen molar-refractivity contribution < 1.29 is 13.9 Å². The Bertz CT molecular complexity index is 510. The molecule has 2 rings (SSSR count). The van der Waals surface area contributed by atoms with Crippen molar-refractivity contribution in [1.82, 2.24) is 15.5 Å². The fraction of sp³-hybridized carbons (Fsp3) is 0.250. The van der Waals surface area contributed by atoms with E-state index in [1.54, 1.807) is 0 Å². The summed E-state index contributed by atoms with van der Waals surface area (Å²) in [5.41, 5.74) is 0.865. The summed E-state index contributed by atoms with van der Waals surface area (Å²) in [4.78, 5) is 10.9. The first-order chi connectivity index (χ1) is 8.79. The molecule has 1 N–H and O–H groups in total. The molecule has 0 unspecified atom stereocenters. The Morgan fingerprint density at radius 2 is 2.11 bits per heavy atom. The highest BCUT2D eigenvalue weighted by Gasteiger charge is 2.08. The van der Waals surface area contributed by atoms with Gasteiger partial charge in [0.15, 0.2) is 0 Å². The fourth-order valence-electron chi connectivity index (χ4n) is 1.37. The molecular formula is C12H13N3O3. The normalized spacial score (nSPS) is 10.3. The second-order valence-electron chi connectivity index (χ2n) is 3.55. The zero-order valence-corrected chi connectivity index (χ0v) is 9.92. The minimum atomic E-state index is -0.335. The molecule has 6 nitrogen and oxygen atoms in total. The Labute approximate surface area is 104 Å². The van der Waals surface area contributed by atoms with E-state index in [-0.39, 0.29) is 12.5 Å². The zero-order valence-electron chi connectivity index (χ0n) is 9.92. The first-order valence-electron chi connectivity index (χ1n) is 5.45. The van der Waals surface area contributed by atoms with Crippen LogP contribution in [0.4, 0.5) is 0 Å². The first kappa shape index (κ1) is 12.3. The predicted octanol–water partition coefficient (Wildman–Crippen LogP) is 0.999. The molecule has 0 spiro atoms. The second kappa shape index (κ2) is 5.92.